The molecular weight excluding hydrogens is 286 g/mol. The van der Waals surface area contributed by atoms with Gasteiger partial charge in [0.25, 0.3) is 5.91 Å². The number of thiophene rings is 1. The molecule has 1 amide bonds. The molecule has 0 aromatic carbocycles. The maximum absolute atomic E-state index is 12.2. The summed E-state index contributed by atoms with van der Waals surface area (Å²) < 4.78 is 1.01. The third kappa shape index (κ3) is 3.59. The summed E-state index contributed by atoms with van der Waals surface area (Å²) in [6.07, 6.45) is 1.11. The fourth-order valence-electron chi connectivity index (χ4n) is 1.45. The highest BCUT2D eigenvalue weighted by atomic mass is 79.9. The lowest BCUT2D eigenvalue weighted by Crippen LogP contribution is -2.34. The second-order valence-corrected chi connectivity index (χ2v) is 6.42. The lowest BCUT2D eigenvalue weighted by Gasteiger charge is -2.23. The Balaban J connectivity index is 2.69. The predicted molar refractivity (Wildman–Crippen MR) is 73.1 cm³/mol. The van der Waals surface area contributed by atoms with Crippen LogP contribution in [0.25, 0.3) is 0 Å². The quantitative estimate of drug-likeness (QED) is 0.804. The molecule has 0 aliphatic heterocycles. The average Bonchev–Trinajstić information content (AvgIpc) is 2.71. The second-order valence-electron chi connectivity index (χ2n) is 3.96. The lowest BCUT2D eigenvalue weighted by atomic mass is 10.1. The zero-order chi connectivity index (χ0) is 12.1. The van der Waals surface area contributed by atoms with E-state index < -0.39 is 0 Å². The van der Waals surface area contributed by atoms with Crippen LogP contribution in [0.2, 0.25) is 0 Å². The van der Waals surface area contributed by atoms with Gasteiger partial charge in [0, 0.05) is 13.1 Å². The molecule has 16 heavy (non-hydrogen) atoms. The standard InChI is InChI=1S/C12H18BrNOS/c1-4-9(3)8-14(5-2)12(15)10-6-7-11(13)16-10/h6-7,9H,4-5,8H2,1-3H3. The number of amides is 1. The van der Waals surface area contributed by atoms with E-state index in [9.17, 15) is 4.79 Å². The molecule has 90 valence electrons. The van der Waals surface area contributed by atoms with Crippen molar-refractivity contribution < 1.29 is 4.79 Å². The normalized spacial score (nSPS) is 12.5. The molecule has 1 unspecified atom stereocenters. The van der Waals surface area contributed by atoms with E-state index in [-0.39, 0.29) is 5.91 Å². The first-order valence-corrected chi connectivity index (χ1v) is 7.24. The van der Waals surface area contributed by atoms with Crippen molar-refractivity contribution in [1.82, 2.24) is 4.90 Å². The summed E-state index contributed by atoms with van der Waals surface area (Å²) >= 11 is 4.88. The first-order chi connectivity index (χ1) is 7.58. The fourth-order valence-corrected chi connectivity index (χ4v) is 2.80. The Morgan fingerprint density at radius 2 is 2.19 bits per heavy atom. The minimum Gasteiger partial charge on any atom is -0.338 e. The highest BCUT2D eigenvalue weighted by molar-refractivity contribution is 9.11. The number of carbonyl (C=O) groups excluding carboxylic acids is 1. The summed E-state index contributed by atoms with van der Waals surface area (Å²) in [7, 11) is 0. The zero-order valence-electron chi connectivity index (χ0n) is 10.00. The molecule has 0 spiro atoms. The molecule has 1 aromatic heterocycles. The summed E-state index contributed by atoms with van der Waals surface area (Å²) in [6.45, 7) is 7.99. The summed E-state index contributed by atoms with van der Waals surface area (Å²) in [5, 5.41) is 0. The van der Waals surface area contributed by atoms with Gasteiger partial charge in [0.1, 0.15) is 0 Å². The minimum atomic E-state index is 0.151. The van der Waals surface area contributed by atoms with E-state index in [0.29, 0.717) is 5.92 Å². The molecule has 4 heteroatoms. The van der Waals surface area contributed by atoms with Crippen molar-refractivity contribution in [1.29, 1.82) is 0 Å². The first-order valence-electron chi connectivity index (χ1n) is 5.63. The van der Waals surface area contributed by atoms with Gasteiger partial charge >= 0.3 is 0 Å². The van der Waals surface area contributed by atoms with E-state index in [1.165, 1.54) is 11.3 Å². The molecule has 0 bridgehead atoms. The number of rotatable bonds is 5. The van der Waals surface area contributed by atoms with Crippen LogP contribution in [0.5, 0.6) is 0 Å². The van der Waals surface area contributed by atoms with Gasteiger partial charge in [0.15, 0.2) is 0 Å². The van der Waals surface area contributed by atoms with Crippen molar-refractivity contribution in [2.24, 2.45) is 5.92 Å². The Morgan fingerprint density at radius 1 is 1.50 bits per heavy atom. The highest BCUT2D eigenvalue weighted by Gasteiger charge is 2.17. The zero-order valence-corrected chi connectivity index (χ0v) is 12.4. The van der Waals surface area contributed by atoms with Gasteiger partial charge < -0.3 is 4.90 Å². The molecule has 0 radical (unpaired) electrons. The third-order valence-corrected chi connectivity index (χ3v) is 4.29. The van der Waals surface area contributed by atoms with Crippen LogP contribution in [0.1, 0.15) is 36.9 Å². The minimum absolute atomic E-state index is 0.151. The smallest absolute Gasteiger partial charge is 0.263 e. The summed E-state index contributed by atoms with van der Waals surface area (Å²) in [4.78, 5) is 14.9. The van der Waals surface area contributed by atoms with Crippen molar-refractivity contribution >= 4 is 33.2 Å². The second kappa shape index (κ2) is 6.40. The topological polar surface area (TPSA) is 20.3 Å². The van der Waals surface area contributed by atoms with Gasteiger partial charge in [0.05, 0.1) is 8.66 Å². The van der Waals surface area contributed by atoms with Gasteiger partial charge in [-0.25, -0.2) is 0 Å². The van der Waals surface area contributed by atoms with Crippen LogP contribution >= 0.6 is 27.3 Å². The molecule has 0 aliphatic rings. The maximum Gasteiger partial charge on any atom is 0.263 e. The molecule has 0 aliphatic carbocycles. The Labute approximate surface area is 110 Å². The molecular formula is C12H18BrNOS. The monoisotopic (exact) mass is 303 g/mol. The highest BCUT2D eigenvalue weighted by Crippen LogP contribution is 2.23. The molecule has 1 heterocycles. The molecule has 1 aromatic rings. The molecule has 0 N–H and O–H groups in total. The van der Waals surface area contributed by atoms with Crippen LogP contribution in [-0.2, 0) is 0 Å². The van der Waals surface area contributed by atoms with E-state index in [0.717, 1.165) is 28.2 Å². The lowest BCUT2D eigenvalue weighted by molar-refractivity contribution is 0.0745. The third-order valence-electron chi connectivity index (χ3n) is 2.68. The Morgan fingerprint density at radius 3 is 2.62 bits per heavy atom. The Kier molecular flexibility index (Phi) is 5.49. The molecule has 0 saturated carbocycles. The van der Waals surface area contributed by atoms with E-state index >= 15 is 0 Å². The molecule has 0 saturated heterocycles. The van der Waals surface area contributed by atoms with E-state index in [1.807, 2.05) is 24.0 Å². The van der Waals surface area contributed by atoms with Gasteiger partial charge in [-0.1, -0.05) is 20.3 Å². The van der Waals surface area contributed by atoms with E-state index in [2.05, 4.69) is 29.8 Å². The van der Waals surface area contributed by atoms with Crippen LogP contribution in [0.3, 0.4) is 0 Å². The number of hydrogen-bond acceptors (Lipinski definition) is 2. The molecule has 1 rings (SSSR count). The molecule has 0 fully saturated rings. The average molecular weight is 304 g/mol. The van der Waals surface area contributed by atoms with E-state index in [1.54, 1.807) is 0 Å². The van der Waals surface area contributed by atoms with Crippen LogP contribution in [0.4, 0.5) is 0 Å². The van der Waals surface area contributed by atoms with Crippen molar-refractivity contribution in [3.63, 3.8) is 0 Å². The summed E-state index contributed by atoms with van der Waals surface area (Å²) in [5.74, 6) is 0.714. The van der Waals surface area contributed by atoms with Gasteiger partial charge in [-0.3, -0.25) is 4.79 Å². The van der Waals surface area contributed by atoms with Crippen LogP contribution in [-0.4, -0.2) is 23.9 Å². The van der Waals surface area contributed by atoms with Gasteiger partial charge in [-0.2, -0.15) is 0 Å². The number of carbonyl (C=O) groups is 1. The predicted octanol–water partition coefficient (Wildman–Crippen LogP) is 4.02. The van der Waals surface area contributed by atoms with Gasteiger partial charge in [-0.05, 0) is 40.9 Å². The van der Waals surface area contributed by atoms with Crippen molar-refractivity contribution in [3.05, 3.63) is 20.8 Å². The van der Waals surface area contributed by atoms with Gasteiger partial charge in [0.2, 0.25) is 0 Å². The van der Waals surface area contributed by atoms with Gasteiger partial charge in [-0.15, -0.1) is 11.3 Å². The maximum atomic E-state index is 12.2. The largest absolute Gasteiger partial charge is 0.338 e. The molecule has 1 atom stereocenters. The fraction of sp³-hybridized carbons (Fsp3) is 0.583. The number of nitrogens with zero attached hydrogens (tertiary/aromatic N) is 1. The van der Waals surface area contributed by atoms with Crippen molar-refractivity contribution in [2.75, 3.05) is 13.1 Å². The first kappa shape index (κ1) is 13.7. The Bertz CT molecular complexity index is 351. The molecule has 2 nitrogen and oxygen atoms in total. The summed E-state index contributed by atoms with van der Waals surface area (Å²) in [5.41, 5.74) is 0. The Hall–Kier alpha value is -0.350. The summed E-state index contributed by atoms with van der Waals surface area (Å²) in [6, 6.07) is 3.81. The van der Waals surface area contributed by atoms with E-state index in [4.69, 9.17) is 0 Å². The van der Waals surface area contributed by atoms with Crippen molar-refractivity contribution in [2.45, 2.75) is 27.2 Å². The van der Waals surface area contributed by atoms with Crippen LogP contribution in [0.15, 0.2) is 15.9 Å². The van der Waals surface area contributed by atoms with Crippen molar-refractivity contribution in [3.8, 4) is 0 Å². The number of hydrogen-bond donors (Lipinski definition) is 0. The SMILES string of the molecule is CCC(C)CN(CC)C(=O)c1ccc(Br)s1. The number of halogens is 1. The van der Waals surface area contributed by atoms with Crippen LogP contribution in [0, 0.1) is 5.92 Å². The van der Waals surface area contributed by atoms with Crippen LogP contribution < -0.4 is 0 Å².